The van der Waals surface area contributed by atoms with Crippen molar-refractivity contribution >= 4 is 23.0 Å². The van der Waals surface area contributed by atoms with Gasteiger partial charge in [-0.15, -0.1) is 0 Å². The Labute approximate surface area is 127 Å². The fourth-order valence-electron chi connectivity index (χ4n) is 2.00. The summed E-state index contributed by atoms with van der Waals surface area (Å²) >= 11 is 1.49. The van der Waals surface area contributed by atoms with Crippen LogP contribution in [0.15, 0.2) is 29.1 Å². The first-order valence-corrected chi connectivity index (χ1v) is 7.46. The molecule has 0 saturated carbocycles. The molecule has 0 fully saturated rings. The lowest BCUT2D eigenvalue weighted by Crippen LogP contribution is -2.38. The Morgan fingerprint density at radius 3 is 2.71 bits per heavy atom. The van der Waals surface area contributed by atoms with Crippen LogP contribution in [0.2, 0.25) is 0 Å². The number of Topliss-reactive ketones (excluding diaryl/α,β-unsaturated/α-hetero) is 1. The molecule has 2 rings (SSSR count). The van der Waals surface area contributed by atoms with E-state index in [1.165, 1.54) is 18.3 Å². The molecule has 0 spiro atoms. The fraction of sp³-hybridized carbons (Fsp3) is 0.333. The molecule has 6 heteroatoms. The molecule has 21 heavy (non-hydrogen) atoms. The minimum atomic E-state index is -1.12. The number of ketones is 1. The van der Waals surface area contributed by atoms with E-state index in [0.29, 0.717) is 11.3 Å². The number of hydrogen-bond donors (Lipinski definition) is 2. The Balaban J connectivity index is 2.07. The largest absolute Gasteiger partial charge is 0.384 e. The normalized spacial score (nSPS) is 13.7. The molecule has 2 aromatic heterocycles. The zero-order valence-corrected chi connectivity index (χ0v) is 13.0. The molecule has 0 bridgehead atoms. The van der Waals surface area contributed by atoms with Gasteiger partial charge in [-0.25, -0.2) is 0 Å². The number of amides is 1. The van der Waals surface area contributed by atoms with Crippen molar-refractivity contribution in [3.63, 3.8) is 0 Å². The molecule has 1 amide bonds. The molecule has 0 aromatic carbocycles. The summed E-state index contributed by atoms with van der Waals surface area (Å²) in [5.74, 6) is -0.407. The Hall–Kier alpha value is -1.92. The van der Waals surface area contributed by atoms with Crippen LogP contribution in [0.25, 0.3) is 0 Å². The Kier molecular flexibility index (Phi) is 4.29. The third kappa shape index (κ3) is 3.40. The molecule has 112 valence electrons. The zero-order valence-electron chi connectivity index (χ0n) is 12.2. The molecular formula is C15H18N2O3S. The van der Waals surface area contributed by atoms with E-state index < -0.39 is 5.60 Å². The predicted octanol–water partition coefficient (Wildman–Crippen LogP) is 1.93. The van der Waals surface area contributed by atoms with E-state index in [9.17, 15) is 14.7 Å². The minimum Gasteiger partial charge on any atom is -0.384 e. The van der Waals surface area contributed by atoms with Gasteiger partial charge < -0.3 is 15.0 Å². The predicted molar refractivity (Wildman–Crippen MR) is 81.6 cm³/mol. The first-order chi connectivity index (χ1) is 9.81. The highest BCUT2D eigenvalue weighted by atomic mass is 32.1. The van der Waals surface area contributed by atoms with Gasteiger partial charge in [0.25, 0.3) is 5.91 Å². The lowest BCUT2D eigenvalue weighted by Gasteiger charge is -2.22. The highest BCUT2D eigenvalue weighted by molar-refractivity contribution is 7.08. The van der Waals surface area contributed by atoms with Gasteiger partial charge in [0, 0.05) is 18.8 Å². The van der Waals surface area contributed by atoms with Crippen LogP contribution in [0.4, 0.5) is 0 Å². The quantitative estimate of drug-likeness (QED) is 0.829. The lowest BCUT2D eigenvalue weighted by molar-refractivity contribution is 0.0527. The van der Waals surface area contributed by atoms with Crippen LogP contribution in [0, 0.1) is 0 Å². The Morgan fingerprint density at radius 1 is 1.48 bits per heavy atom. The maximum Gasteiger partial charge on any atom is 0.268 e. The Bertz CT molecular complexity index is 657. The number of nitrogens with one attached hydrogen (secondary N) is 1. The molecule has 0 aliphatic rings. The second-order valence-corrected chi connectivity index (χ2v) is 6.03. The average molecular weight is 306 g/mol. The molecule has 2 heterocycles. The number of thiophene rings is 1. The summed E-state index contributed by atoms with van der Waals surface area (Å²) in [6.07, 6.45) is 1.62. The van der Waals surface area contributed by atoms with Crippen molar-refractivity contribution in [2.45, 2.75) is 19.4 Å². The third-order valence-corrected chi connectivity index (χ3v) is 4.06. The van der Waals surface area contributed by atoms with Crippen molar-refractivity contribution in [2.24, 2.45) is 7.05 Å². The topological polar surface area (TPSA) is 71.3 Å². The van der Waals surface area contributed by atoms with E-state index in [1.807, 2.05) is 16.8 Å². The Morgan fingerprint density at radius 2 is 2.19 bits per heavy atom. The molecular weight excluding hydrogens is 288 g/mol. The summed E-state index contributed by atoms with van der Waals surface area (Å²) in [4.78, 5) is 23.5. The molecule has 2 aromatic rings. The van der Waals surface area contributed by atoms with E-state index in [2.05, 4.69) is 5.32 Å². The number of carbonyl (C=O) groups is 2. The van der Waals surface area contributed by atoms with Crippen LogP contribution in [-0.4, -0.2) is 27.9 Å². The molecule has 1 unspecified atom stereocenters. The van der Waals surface area contributed by atoms with Gasteiger partial charge in [-0.3, -0.25) is 9.59 Å². The number of aryl methyl sites for hydroxylation is 1. The third-order valence-electron chi connectivity index (χ3n) is 3.38. The highest BCUT2D eigenvalue weighted by Gasteiger charge is 2.25. The lowest BCUT2D eigenvalue weighted by atomic mass is 9.99. The molecule has 0 aliphatic heterocycles. The molecule has 5 nitrogen and oxygen atoms in total. The second kappa shape index (κ2) is 5.83. The average Bonchev–Trinajstić information content (AvgIpc) is 3.05. The van der Waals surface area contributed by atoms with Crippen molar-refractivity contribution in [1.82, 2.24) is 9.88 Å². The van der Waals surface area contributed by atoms with Crippen molar-refractivity contribution in [3.05, 3.63) is 45.9 Å². The summed E-state index contributed by atoms with van der Waals surface area (Å²) in [7, 11) is 1.71. The van der Waals surface area contributed by atoms with Gasteiger partial charge in [0.2, 0.25) is 0 Å². The number of hydrogen-bond acceptors (Lipinski definition) is 4. The van der Waals surface area contributed by atoms with E-state index in [0.717, 1.165) is 5.56 Å². The van der Waals surface area contributed by atoms with Gasteiger partial charge in [0.15, 0.2) is 5.78 Å². The number of rotatable bonds is 5. The zero-order chi connectivity index (χ0) is 15.6. The van der Waals surface area contributed by atoms with Gasteiger partial charge in [0.1, 0.15) is 11.3 Å². The van der Waals surface area contributed by atoms with Crippen LogP contribution < -0.4 is 5.32 Å². The maximum absolute atomic E-state index is 12.2. The first kappa shape index (κ1) is 15.5. The number of aliphatic hydroxyl groups is 1. The molecule has 0 aliphatic carbocycles. The molecule has 0 saturated heterocycles. The summed E-state index contributed by atoms with van der Waals surface area (Å²) < 4.78 is 1.60. The first-order valence-electron chi connectivity index (χ1n) is 6.52. The fourth-order valence-corrected chi connectivity index (χ4v) is 2.78. The van der Waals surface area contributed by atoms with E-state index >= 15 is 0 Å². The van der Waals surface area contributed by atoms with Crippen LogP contribution in [-0.2, 0) is 12.6 Å². The van der Waals surface area contributed by atoms with Crippen molar-refractivity contribution in [3.8, 4) is 0 Å². The van der Waals surface area contributed by atoms with Crippen molar-refractivity contribution < 1.29 is 14.7 Å². The second-order valence-electron chi connectivity index (χ2n) is 5.25. The van der Waals surface area contributed by atoms with Crippen LogP contribution in [0.3, 0.4) is 0 Å². The SMILES string of the molecule is CC(=O)c1cc(C(=O)NCC(C)(O)c2ccsc2)n(C)c1. The highest BCUT2D eigenvalue weighted by Crippen LogP contribution is 2.22. The van der Waals surface area contributed by atoms with Crippen molar-refractivity contribution in [2.75, 3.05) is 6.54 Å². The van der Waals surface area contributed by atoms with Crippen molar-refractivity contribution in [1.29, 1.82) is 0 Å². The van der Waals surface area contributed by atoms with Gasteiger partial charge in [-0.2, -0.15) is 11.3 Å². The van der Waals surface area contributed by atoms with Gasteiger partial charge >= 0.3 is 0 Å². The van der Waals surface area contributed by atoms with E-state index in [1.54, 1.807) is 30.8 Å². The molecule has 1 atom stereocenters. The van der Waals surface area contributed by atoms with Crippen LogP contribution in [0.5, 0.6) is 0 Å². The monoisotopic (exact) mass is 306 g/mol. The maximum atomic E-state index is 12.2. The standard InChI is InChI=1S/C15H18N2O3S/c1-10(18)11-6-13(17(3)7-11)14(19)16-9-15(2,20)12-4-5-21-8-12/h4-8,20H,9H2,1-3H3,(H,16,19). The van der Waals surface area contributed by atoms with E-state index in [-0.39, 0.29) is 18.2 Å². The van der Waals surface area contributed by atoms with Gasteiger partial charge in [-0.05, 0) is 42.3 Å². The number of nitrogens with zero attached hydrogens (tertiary/aromatic N) is 1. The summed E-state index contributed by atoms with van der Waals surface area (Å²) in [5, 5.41) is 16.8. The van der Waals surface area contributed by atoms with Crippen LogP contribution in [0.1, 0.15) is 40.3 Å². The summed E-state index contributed by atoms with van der Waals surface area (Å²) in [5.41, 5.74) is 0.530. The van der Waals surface area contributed by atoms with E-state index in [4.69, 9.17) is 0 Å². The summed E-state index contributed by atoms with van der Waals surface area (Å²) in [6, 6.07) is 3.38. The summed E-state index contributed by atoms with van der Waals surface area (Å²) in [6.45, 7) is 3.21. The number of aromatic nitrogens is 1. The molecule has 0 radical (unpaired) electrons. The van der Waals surface area contributed by atoms with Gasteiger partial charge in [-0.1, -0.05) is 0 Å². The number of carbonyl (C=O) groups excluding carboxylic acids is 2. The van der Waals surface area contributed by atoms with Crippen LogP contribution >= 0.6 is 11.3 Å². The van der Waals surface area contributed by atoms with Gasteiger partial charge in [0.05, 0.1) is 6.54 Å². The minimum absolute atomic E-state index is 0.0880. The molecule has 2 N–H and O–H groups in total. The smallest absolute Gasteiger partial charge is 0.268 e.